The summed E-state index contributed by atoms with van der Waals surface area (Å²) in [4.78, 5) is 16.2. The van der Waals surface area contributed by atoms with E-state index in [1.807, 2.05) is 18.2 Å². The van der Waals surface area contributed by atoms with Gasteiger partial charge in [0.15, 0.2) is 6.10 Å². The summed E-state index contributed by atoms with van der Waals surface area (Å²) < 4.78 is 4.90. The minimum atomic E-state index is -1.22. The van der Waals surface area contributed by atoms with Gasteiger partial charge < -0.3 is 19.6 Å². The van der Waals surface area contributed by atoms with Crippen LogP contribution in [0.5, 0.6) is 0 Å². The van der Waals surface area contributed by atoms with E-state index in [9.17, 15) is 9.90 Å². The van der Waals surface area contributed by atoms with Gasteiger partial charge >= 0.3 is 5.97 Å². The van der Waals surface area contributed by atoms with Crippen LogP contribution in [0.25, 0.3) is 0 Å². The van der Waals surface area contributed by atoms with Gasteiger partial charge in [-0.3, -0.25) is 0 Å². The summed E-state index contributed by atoms with van der Waals surface area (Å²) in [5.74, 6) is -0.589. The fraction of sp³-hybridized carbons (Fsp3) is 0.533. The molecule has 0 aliphatic carbocycles. The highest BCUT2D eigenvalue weighted by atomic mass is 16.5. The number of piperazine rings is 1. The van der Waals surface area contributed by atoms with Crippen LogP contribution in [0.15, 0.2) is 24.3 Å². The Kier molecular flexibility index (Phi) is 4.98. The lowest BCUT2D eigenvalue weighted by molar-refractivity contribution is -0.153. The molecule has 1 aromatic rings. The molecule has 0 saturated carbocycles. The van der Waals surface area contributed by atoms with E-state index in [1.54, 1.807) is 13.0 Å². The molecule has 0 amide bonds. The highest BCUT2D eigenvalue weighted by Gasteiger charge is 2.25. The van der Waals surface area contributed by atoms with E-state index in [0.29, 0.717) is 5.56 Å². The molecule has 0 radical (unpaired) electrons. The lowest BCUT2D eigenvalue weighted by Gasteiger charge is -2.35. The summed E-state index contributed by atoms with van der Waals surface area (Å²) in [6.45, 7) is 5.74. The quantitative estimate of drug-likeness (QED) is 0.834. The molecule has 1 fully saturated rings. The van der Waals surface area contributed by atoms with E-state index < -0.39 is 12.1 Å². The fourth-order valence-corrected chi connectivity index (χ4v) is 2.40. The van der Waals surface area contributed by atoms with E-state index in [0.717, 1.165) is 31.9 Å². The number of nitrogens with zero attached hydrogens (tertiary/aromatic N) is 2. The summed E-state index contributed by atoms with van der Waals surface area (Å²) in [5.41, 5.74) is 1.54. The zero-order chi connectivity index (χ0) is 14.5. The van der Waals surface area contributed by atoms with Gasteiger partial charge in [0.2, 0.25) is 0 Å². The molecular weight excluding hydrogens is 256 g/mol. The first-order valence-electron chi connectivity index (χ1n) is 7.00. The predicted octanol–water partition coefficient (Wildman–Crippen LogP) is 1.03. The monoisotopic (exact) mass is 278 g/mol. The van der Waals surface area contributed by atoms with Gasteiger partial charge in [-0.25, -0.2) is 4.79 Å². The molecule has 1 saturated heterocycles. The zero-order valence-corrected chi connectivity index (χ0v) is 12.1. The number of benzene rings is 1. The van der Waals surface area contributed by atoms with Gasteiger partial charge in [0.05, 0.1) is 6.61 Å². The minimum absolute atomic E-state index is 0.270. The molecule has 0 aromatic heterocycles. The second kappa shape index (κ2) is 6.72. The third-order valence-corrected chi connectivity index (χ3v) is 3.59. The van der Waals surface area contributed by atoms with Crippen LogP contribution in [-0.4, -0.2) is 55.8 Å². The normalized spacial score (nSPS) is 17.9. The Bertz CT molecular complexity index is 456. The van der Waals surface area contributed by atoms with Crippen molar-refractivity contribution in [2.45, 2.75) is 13.0 Å². The number of hydrogen-bond acceptors (Lipinski definition) is 5. The zero-order valence-electron chi connectivity index (χ0n) is 12.1. The van der Waals surface area contributed by atoms with Crippen molar-refractivity contribution in [1.82, 2.24) is 4.90 Å². The average Bonchev–Trinajstić information content (AvgIpc) is 2.47. The Morgan fingerprint density at radius 1 is 1.30 bits per heavy atom. The lowest BCUT2D eigenvalue weighted by atomic mass is 10.1. The van der Waals surface area contributed by atoms with Gasteiger partial charge in [-0.1, -0.05) is 18.2 Å². The molecule has 0 bridgehead atoms. The second-order valence-electron chi connectivity index (χ2n) is 5.00. The fourth-order valence-electron chi connectivity index (χ4n) is 2.40. The molecule has 5 heteroatoms. The van der Waals surface area contributed by atoms with Crippen LogP contribution in [0.2, 0.25) is 0 Å². The van der Waals surface area contributed by atoms with Gasteiger partial charge in [-0.05, 0) is 20.0 Å². The summed E-state index contributed by atoms with van der Waals surface area (Å²) in [6, 6.07) is 7.49. The van der Waals surface area contributed by atoms with Crippen LogP contribution < -0.4 is 4.90 Å². The first-order valence-corrected chi connectivity index (χ1v) is 7.00. The SMILES string of the molecule is CCOC(=O)C(O)c1ccccc1N1CCN(C)CC1. The molecule has 20 heavy (non-hydrogen) atoms. The second-order valence-corrected chi connectivity index (χ2v) is 5.00. The van der Waals surface area contributed by atoms with E-state index in [-0.39, 0.29) is 6.61 Å². The van der Waals surface area contributed by atoms with Gasteiger partial charge in [-0.15, -0.1) is 0 Å². The standard InChI is InChI=1S/C15H22N2O3/c1-3-20-15(19)14(18)12-6-4-5-7-13(12)17-10-8-16(2)9-11-17/h4-7,14,18H,3,8-11H2,1-2H3. The molecular formula is C15H22N2O3. The summed E-state index contributed by atoms with van der Waals surface area (Å²) >= 11 is 0. The Labute approximate surface area is 119 Å². The van der Waals surface area contributed by atoms with Crippen molar-refractivity contribution in [1.29, 1.82) is 0 Å². The number of ether oxygens (including phenoxy) is 1. The molecule has 1 aliphatic heterocycles. The Morgan fingerprint density at radius 2 is 1.95 bits per heavy atom. The Hall–Kier alpha value is -1.59. The Balaban J connectivity index is 2.19. The molecule has 0 spiro atoms. The number of para-hydroxylation sites is 1. The first-order chi connectivity index (χ1) is 9.63. The molecule has 1 unspecified atom stereocenters. The van der Waals surface area contributed by atoms with Crippen molar-refractivity contribution in [2.75, 3.05) is 44.7 Å². The predicted molar refractivity (Wildman–Crippen MR) is 77.7 cm³/mol. The molecule has 1 aliphatic rings. The largest absolute Gasteiger partial charge is 0.464 e. The highest BCUT2D eigenvalue weighted by Crippen LogP contribution is 2.27. The van der Waals surface area contributed by atoms with Crippen LogP contribution in [0, 0.1) is 0 Å². The van der Waals surface area contributed by atoms with E-state index in [1.165, 1.54) is 0 Å². The Morgan fingerprint density at radius 3 is 2.60 bits per heavy atom. The maximum absolute atomic E-state index is 11.7. The van der Waals surface area contributed by atoms with Crippen LogP contribution in [0.3, 0.4) is 0 Å². The highest BCUT2D eigenvalue weighted by molar-refractivity contribution is 5.79. The van der Waals surface area contributed by atoms with E-state index in [2.05, 4.69) is 16.8 Å². The molecule has 1 N–H and O–H groups in total. The third kappa shape index (κ3) is 3.29. The van der Waals surface area contributed by atoms with Gasteiger partial charge in [0.1, 0.15) is 0 Å². The number of aliphatic hydroxyl groups excluding tert-OH is 1. The lowest BCUT2D eigenvalue weighted by Crippen LogP contribution is -2.45. The summed E-state index contributed by atoms with van der Waals surface area (Å²) in [6.07, 6.45) is -1.22. The molecule has 110 valence electrons. The minimum Gasteiger partial charge on any atom is -0.464 e. The number of anilines is 1. The molecule has 1 aromatic carbocycles. The van der Waals surface area contributed by atoms with E-state index >= 15 is 0 Å². The number of aliphatic hydroxyl groups is 1. The van der Waals surface area contributed by atoms with Crippen molar-refractivity contribution in [3.8, 4) is 0 Å². The number of esters is 1. The molecule has 2 rings (SSSR count). The third-order valence-electron chi connectivity index (χ3n) is 3.59. The van der Waals surface area contributed by atoms with E-state index in [4.69, 9.17) is 4.74 Å². The number of hydrogen-bond donors (Lipinski definition) is 1. The molecule has 1 heterocycles. The smallest absolute Gasteiger partial charge is 0.339 e. The topological polar surface area (TPSA) is 53.0 Å². The van der Waals surface area contributed by atoms with Gasteiger partial charge in [0.25, 0.3) is 0 Å². The van der Waals surface area contributed by atoms with Gasteiger partial charge in [-0.2, -0.15) is 0 Å². The van der Waals surface area contributed by atoms with Crippen molar-refractivity contribution >= 4 is 11.7 Å². The van der Waals surface area contributed by atoms with Crippen molar-refractivity contribution in [2.24, 2.45) is 0 Å². The van der Waals surface area contributed by atoms with Crippen LogP contribution in [-0.2, 0) is 9.53 Å². The summed E-state index contributed by atoms with van der Waals surface area (Å²) in [5, 5.41) is 10.2. The van der Waals surface area contributed by atoms with Gasteiger partial charge in [0, 0.05) is 37.4 Å². The summed E-state index contributed by atoms with van der Waals surface area (Å²) in [7, 11) is 2.09. The van der Waals surface area contributed by atoms with Crippen LogP contribution in [0.1, 0.15) is 18.6 Å². The van der Waals surface area contributed by atoms with Crippen molar-refractivity contribution in [3.05, 3.63) is 29.8 Å². The number of carbonyl (C=O) groups is 1. The average molecular weight is 278 g/mol. The maximum Gasteiger partial charge on any atom is 0.339 e. The molecule has 1 atom stereocenters. The number of likely N-dealkylation sites (N-methyl/N-ethyl adjacent to an activating group) is 1. The van der Waals surface area contributed by atoms with Crippen molar-refractivity contribution < 1.29 is 14.6 Å². The first kappa shape index (κ1) is 14.8. The van der Waals surface area contributed by atoms with Crippen LogP contribution >= 0.6 is 0 Å². The van der Waals surface area contributed by atoms with Crippen molar-refractivity contribution in [3.63, 3.8) is 0 Å². The molecule has 5 nitrogen and oxygen atoms in total. The number of rotatable bonds is 4. The van der Waals surface area contributed by atoms with Crippen LogP contribution in [0.4, 0.5) is 5.69 Å². The number of carbonyl (C=O) groups excluding carboxylic acids is 1. The maximum atomic E-state index is 11.7.